The first-order chi connectivity index (χ1) is 33.3. The third kappa shape index (κ3) is 14.4. The number of nitrogens with zero attached hydrogens (tertiary/aromatic N) is 11. The molecule has 7 aromatic rings. The maximum Gasteiger partial charge on any atom is 0.341 e. The van der Waals surface area contributed by atoms with Crippen LogP contribution in [0.25, 0.3) is 0 Å². The molecule has 7 heterocycles. The Hall–Kier alpha value is -7.33. The highest BCUT2D eigenvalue weighted by Gasteiger charge is 2.30. The van der Waals surface area contributed by atoms with E-state index in [0.29, 0.717) is 61.2 Å². The SMILES string of the molecule is CCOC(=O)c1cnn(Cc2ccc(F)nc2C)c1.Cc1nc(F)ccc1Cn1cc(C(=O)N[C@@H]2CCc3c2nn(COCC[Si](C)(C)C)c3C)cn1.Cc1nc(F)ccc1Cn1cc(C(=O)O)cn1. The molecular formula is C48H57F3N12O6Si. The van der Waals surface area contributed by atoms with Crippen molar-refractivity contribution in [1.29, 1.82) is 0 Å². The minimum absolute atomic E-state index is 0.123. The Bertz CT molecular complexity index is 2940. The summed E-state index contributed by atoms with van der Waals surface area (Å²) < 4.78 is 56.3. The first kappa shape index (κ1) is 52.0. The van der Waals surface area contributed by atoms with Crippen LogP contribution in [0.2, 0.25) is 25.7 Å². The topological polar surface area (TPSA) is 212 Å². The van der Waals surface area contributed by atoms with Crippen LogP contribution in [0.15, 0.2) is 73.6 Å². The van der Waals surface area contributed by atoms with E-state index < -0.39 is 37.9 Å². The number of esters is 1. The van der Waals surface area contributed by atoms with Gasteiger partial charge >= 0.3 is 11.9 Å². The summed E-state index contributed by atoms with van der Waals surface area (Å²) in [6.07, 6.45) is 10.7. The van der Waals surface area contributed by atoms with Gasteiger partial charge in [0.2, 0.25) is 17.8 Å². The number of nitrogens with one attached hydrogen (secondary N) is 1. The molecule has 0 spiro atoms. The van der Waals surface area contributed by atoms with Gasteiger partial charge in [0.1, 0.15) is 6.73 Å². The predicted molar refractivity (Wildman–Crippen MR) is 253 cm³/mol. The Balaban J connectivity index is 0.000000189. The molecule has 7 aromatic heterocycles. The van der Waals surface area contributed by atoms with Crippen molar-refractivity contribution in [3.63, 3.8) is 0 Å². The lowest BCUT2D eigenvalue weighted by molar-refractivity contribution is 0.0525. The number of pyridine rings is 3. The molecule has 18 nitrogen and oxygen atoms in total. The van der Waals surface area contributed by atoms with Crippen molar-refractivity contribution in [2.75, 3.05) is 13.2 Å². The van der Waals surface area contributed by atoms with E-state index in [9.17, 15) is 27.6 Å². The van der Waals surface area contributed by atoms with Crippen molar-refractivity contribution in [1.82, 2.24) is 59.4 Å². The van der Waals surface area contributed by atoms with Crippen LogP contribution in [0.3, 0.4) is 0 Å². The Morgan fingerprint density at radius 1 is 0.729 bits per heavy atom. The van der Waals surface area contributed by atoms with Crippen molar-refractivity contribution in [3.05, 3.63) is 159 Å². The van der Waals surface area contributed by atoms with Crippen LogP contribution in [-0.2, 0) is 42.3 Å². The molecule has 1 aliphatic rings. The molecule has 1 atom stereocenters. The van der Waals surface area contributed by atoms with E-state index in [-0.39, 0.29) is 17.5 Å². The smallest absolute Gasteiger partial charge is 0.341 e. The number of ether oxygens (including phenoxy) is 2. The van der Waals surface area contributed by atoms with E-state index in [1.54, 1.807) is 73.8 Å². The highest BCUT2D eigenvalue weighted by molar-refractivity contribution is 6.76. The third-order valence-corrected chi connectivity index (χ3v) is 13.0. The van der Waals surface area contributed by atoms with E-state index in [2.05, 4.69) is 62.1 Å². The summed E-state index contributed by atoms with van der Waals surface area (Å²) in [6, 6.07) is 9.85. The number of hydrogen-bond acceptors (Lipinski definition) is 12. The van der Waals surface area contributed by atoms with E-state index >= 15 is 0 Å². The van der Waals surface area contributed by atoms with Gasteiger partial charge < -0.3 is 19.9 Å². The zero-order valence-electron chi connectivity index (χ0n) is 40.4. The second kappa shape index (κ2) is 23.3. The number of aryl methyl sites for hydroxylation is 3. The predicted octanol–water partition coefficient (Wildman–Crippen LogP) is 7.43. The third-order valence-electron chi connectivity index (χ3n) is 11.3. The first-order valence-corrected chi connectivity index (χ1v) is 26.3. The number of hydrogen-bond donors (Lipinski definition) is 2. The zero-order valence-corrected chi connectivity index (χ0v) is 41.4. The van der Waals surface area contributed by atoms with Crippen LogP contribution in [0.1, 0.15) is 101 Å². The van der Waals surface area contributed by atoms with Gasteiger partial charge in [-0.3, -0.25) is 18.8 Å². The van der Waals surface area contributed by atoms with Gasteiger partial charge in [0.15, 0.2) is 0 Å². The molecule has 0 saturated heterocycles. The zero-order chi connectivity index (χ0) is 50.7. The fourth-order valence-corrected chi connectivity index (χ4v) is 8.02. The van der Waals surface area contributed by atoms with Gasteiger partial charge in [-0.25, -0.2) is 29.2 Å². The van der Waals surface area contributed by atoms with Crippen LogP contribution in [-0.4, -0.2) is 98.3 Å². The maximum atomic E-state index is 13.2. The van der Waals surface area contributed by atoms with Gasteiger partial charge in [0.05, 0.1) is 73.3 Å². The van der Waals surface area contributed by atoms with E-state index in [1.807, 2.05) is 4.68 Å². The van der Waals surface area contributed by atoms with Crippen molar-refractivity contribution in [2.24, 2.45) is 0 Å². The number of carbonyl (C=O) groups excluding carboxylic acids is 2. The van der Waals surface area contributed by atoms with Crippen LogP contribution in [0, 0.1) is 45.5 Å². The minimum atomic E-state index is -1.12. The van der Waals surface area contributed by atoms with Crippen molar-refractivity contribution in [2.45, 2.75) is 106 Å². The summed E-state index contributed by atoms with van der Waals surface area (Å²) >= 11 is 0. The Morgan fingerprint density at radius 3 is 1.66 bits per heavy atom. The Labute approximate surface area is 403 Å². The highest BCUT2D eigenvalue weighted by atomic mass is 28.3. The molecule has 70 heavy (non-hydrogen) atoms. The highest BCUT2D eigenvalue weighted by Crippen LogP contribution is 2.33. The van der Waals surface area contributed by atoms with Crippen LogP contribution in [0.5, 0.6) is 0 Å². The molecule has 0 saturated carbocycles. The van der Waals surface area contributed by atoms with Gasteiger partial charge in [-0.05, 0) is 94.0 Å². The summed E-state index contributed by atoms with van der Waals surface area (Å²) in [4.78, 5) is 46.3. The minimum Gasteiger partial charge on any atom is -0.478 e. The average molecular weight is 983 g/mol. The van der Waals surface area contributed by atoms with Crippen LogP contribution < -0.4 is 5.32 Å². The molecule has 0 aliphatic heterocycles. The molecule has 1 amide bonds. The van der Waals surface area contributed by atoms with Crippen LogP contribution in [0.4, 0.5) is 13.2 Å². The lowest BCUT2D eigenvalue weighted by atomic mass is 10.2. The molecule has 0 unspecified atom stereocenters. The molecule has 0 bridgehead atoms. The van der Waals surface area contributed by atoms with Gasteiger partial charge in [0.25, 0.3) is 5.91 Å². The number of fused-ring (bicyclic) bond motifs is 1. The summed E-state index contributed by atoms with van der Waals surface area (Å²) in [6.45, 7) is 18.7. The maximum absolute atomic E-state index is 13.2. The number of aromatic nitrogens is 11. The standard InChI is InChI=1S/C24H33FN6O2Si.C13H14FN3O2.C11H10FN3O2/c1-16-18(6-9-22(25)27-16)13-30-14-19(12-26-30)24(32)28-21-8-7-20-17(2)31(29-23(20)21)15-33-10-11-34(3,4)5;1-3-19-13(18)11-6-15-17(8-11)7-10-4-5-12(14)16-9(10)2;1-7-8(2-3-10(12)14-7)5-15-6-9(4-13-15)11(16)17/h6,9,12,14,21H,7-8,10-11,13,15H2,1-5H3,(H,28,32);4-6,8H,3,7H2,1-2H3;2-4,6H,5H2,1H3,(H,16,17)/t21-;;/m1../s1. The number of carboxylic acids is 1. The van der Waals surface area contributed by atoms with E-state index in [0.717, 1.165) is 53.6 Å². The Kier molecular flexibility index (Phi) is 17.3. The molecular weight excluding hydrogens is 926 g/mol. The number of halogens is 3. The first-order valence-electron chi connectivity index (χ1n) is 22.6. The van der Waals surface area contributed by atoms with Crippen molar-refractivity contribution < 1.29 is 42.1 Å². The van der Waals surface area contributed by atoms with Gasteiger partial charge in [-0.1, -0.05) is 37.8 Å². The number of rotatable bonds is 16. The van der Waals surface area contributed by atoms with Crippen LogP contribution >= 0.6 is 0 Å². The summed E-state index contributed by atoms with van der Waals surface area (Å²) in [5.41, 5.74) is 8.52. The van der Waals surface area contributed by atoms with Crippen molar-refractivity contribution >= 4 is 25.9 Å². The number of carbonyl (C=O) groups is 3. The summed E-state index contributed by atoms with van der Waals surface area (Å²) in [5, 5.41) is 28.9. The largest absolute Gasteiger partial charge is 0.478 e. The van der Waals surface area contributed by atoms with Gasteiger partial charge in [0, 0.05) is 56.0 Å². The lowest BCUT2D eigenvalue weighted by Gasteiger charge is -2.16. The molecule has 22 heteroatoms. The second-order valence-electron chi connectivity index (χ2n) is 17.8. The monoisotopic (exact) mass is 982 g/mol. The molecule has 370 valence electrons. The summed E-state index contributed by atoms with van der Waals surface area (Å²) in [7, 11) is -1.12. The number of amides is 1. The quantitative estimate of drug-likeness (QED) is 0.0418. The lowest BCUT2D eigenvalue weighted by Crippen LogP contribution is -2.27. The fraction of sp³-hybridized carbons (Fsp3) is 0.375. The normalized spacial score (nSPS) is 12.9. The Morgan fingerprint density at radius 2 is 1.20 bits per heavy atom. The summed E-state index contributed by atoms with van der Waals surface area (Å²) in [5.74, 6) is -3.15. The van der Waals surface area contributed by atoms with Gasteiger partial charge in [-0.2, -0.15) is 33.6 Å². The molecule has 0 radical (unpaired) electrons. The molecule has 8 rings (SSSR count). The molecule has 0 fully saturated rings. The van der Waals surface area contributed by atoms with Gasteiger partial charge in [-0.15, -0.1) is 0 Å². The number of aromatic carboxylic acids is 1. The fourth-order valence-electron chi connectivity index (χ4n) is 7.26. The van der Waals surface area contributed by atoms with E-state index in [1.165, 1.54) is 47.0 Å². The van der Waals surface area contributed by atoms with E-state index in [4.69, 9.17) is 19.7 Å². The number of carboxylic acid groups (broad SMARTS) is 1. The average Bonchev–Trinajstić information content (AvgIpc) is 4.16. The second-order valence-corrected chi connectivity index (χ2v) is 23.4. The van der Waals surface area contributed by atoms with Crippen molar-refractivity contribution in [3.8, 4) is 0 Å². The molecule has 1 aliphatic carbocycles. The molecule has 2 N–H and O–H groups in total. The molecule has 0 aromatic carbocycles.